The van der Waals surface area contributed by atoms with E-state index in [-0.39, 0.29) is 36.0 Å². The second kappa shape index (κ2) is 9.31. The van der Waals surface area contributed by atoms with Crippen molar-refractivity contribution in [2.24, 2.45) is 0 Å². The number of aliphatic hydroxyl groups is 1. The van der Waals surface area contributed by atoms with Gasteiger partial charge in [0.2, 0.25) is 0 Å². The van der Waals surface area contributed by atoms with E-state index in [1.165, 1.54) is 24.3 Å². The molecule has 2 rings (SSSR count). The van der Waals surface area contributed by atoms with Gasteiger partial charge in [0.15, 0.2) is 5.78 Å². The summed E-state index contributed by atoms with van der Waals surface area (Å²) in [6.45, 7) is 6.78. The molecule has 2 aromatic carbocycles. The topological polar surface area (TPSA) is 60.8 Å². The van der Waals surface area contributed by atoms with Crippen LogP contribution in [0.15, 0.2) is 36.4 Å². The third kappa shape index (κ3) is 5.76. The third-order valence-corrected chi connectivity index (χ3v) is 4.29. The van der Waals surface area contributed by atoms with E-state index in [1.54, 1.807) is 12.1 Å². The summed E-state index contributed by atoms with van der Waals surface area (Å²) in [6, 6.07) is 8.81. The van der Waals surface area contributed by atoms with Crippen molar-refractivity contribution in [1.29, 1.82) is 0 Å². The lowest BCUT2D eigenvalue weighted by Crippen LogP contribution is -2.22. The largest absolute Gasteiger partial charge is 0.507 e. The first-order valence-corrected chi connectivity index (χ1v) is 8.59. The van der Waals surface area contributed by atoms with Crippen molar-refractivity contribution < 1.29 is 19.4 Å². The number of likely N-dealkylation sites (N-methyl/N-ethyl adjacent to an activating group) is 1. The van der Waals surface area contributed by atoms with Gasteiger partial charge in [-0.2, -0.15) is 0 Å². The van der Waals surface area contributed by atoms with Crippen molar-refractivity contribution in [2.45, 2.75) is 32.7 Å². The van der Waals surface area contributed by atoms with Crippen LogP contribution in [0.1, 0.15) is 47.8 Å². The first-order valence-electron chi connectivity index (χ1n) is 8.59. The van der Waals surface area contributed by atoms with E-state index in [9.17, 15) is 14.3 Å². The summed E-state index contributed by atoms with van der Waals surface area (Å²) < 4.78 is 13.1. The van der Waals surface area contributed by atoms with Crippen LogP contribution in [0.5, 0.6) is 5.75 Å². The fraction of sp³-hybridized carbons (Fsp3) is 0.381. The number of phenols is 1. The molecule has 0 saturated carbocycles. The summed E-state index contributed by atoms with van der Waals surface area (Å²) in [5, 5.41) is 19.8. The molecule has 0 atom stereocenters. The molecule has 2 N–H and O–H groups in total. The van der Waals surface area contributed by atoms with Gasteiger partial charge in [-0.1, -0.05) is 20.8 Å². The standard InChI is InChI=1S/C21H26FNO3.ClH/c1-21(2,3)18-12-15(19(25)14-5-7-17(22)8-6-14)11-16(20(18)26)13-23(4)9-10-24;/h5-8,11-12,24,26H,9-10,13H2,1-4H3;1H. The molecule has 0 aliphatic carbocycles. The van der Waals surface area contributed by atoms with Crippen LogP contribution >= 0.6 is 12.4 Å². The fourth-order valence-electron chi connectivity index (χ4n) is 2.83. The van der Waals surface area contributed by atoms with Crippen LogP contribution in [0.2, 0.25) is 0 Å². The molecule has 0 aliphatic heterocycles. The van der Waals surface area contributed by atoms with Gasteiger partial charge in [-0.15, -0.1) is 12.4 Å². The maximum Gasteiger partial charge on any atom is 0.193 e. The minimum atomic E-state index is -0.394. The van der Waals surface area contributed by atoms with Gasteiger partial charge in [0.05, 0.1) is 6.61 Å². The minimum Gasteiger partial charge on any atom is -0.507 e. The zero-order chi connectivity index (χ0) is 19.5. The molecular weight excluding hydrogens is 369 g/mol. The van der Waals surface area contributed by atoms with E-state index in [0.29, 0.717) is 35.3 Å². The van der Waals surface area contributed by atoms with E-state index < -0.39 is 5.82 Å². The van der Waals surface area contributed by atoms with Gasteiger partial charge in [0.1, 0.15) is 11.6 Å². The van der Waals surface area contributed by atoms with Gasteiger partial charge in [-0.3, -0.25) is 9.69 Å². The monoisotopic (exact) mass is 395 g/mol. The summed E-state index contributed by atoms with van der Waals surface area (Å²) in [5.74, 6) is -0.450. The molecule has 0 radical (unpaired) electrons. The number of benzene rings is 2. The first-order chi connectivity index (χ1) is 12.1. The first kappa shape index (κ1) is 23.1. The Kier molecular flexibility index (Phi) is 7.96. The van der Waals surface area contributed by atoms with Crippen molar-refractivity contribution in [2.75, 3.05) is 20.2 Å². The summed E-state index contributed by atoms with van der Waals surface area (Å²) in [4.78, 5) is 14.7. The van der Waals surface area contributed by atoms with Crippen LogP contribution < -0.4 is 0 Å². The molecule has 0 heterocycles. The Bertz CT molecular complexity index is 785. The highest BCUT2D eigenvalue weighted by Crippen LogP contribution is 2.35. The number of aromatic hydroxyl groups is 1. The van der Waals surface area contributed by atoms with Crippen molar-refractivity contribution in [3.05, 3.63) is 64.5 Å². The molecule has 0 fully saturated rings. The Morgan fingerprint density at radius 2 is 1.70 bits per heavy atom. The van der Waals surface area contributed by atoms with Crippen LogP contribution in [0.4, 0.5) is 4.39 Å². The second-order valence-electron chi connectivity index (χ2n) is 7.58. The van der Waals surface area contributed by atoms with Crippen LogP contribution in [0.25, 0.3) is 0 Å². The van der Waals surface area contributed by atoms with E-state index in [2.05, 4.69) is 0 Å². The number of carbonyl (C=O) groups excluding carboxylic acids is 1. The van der Waals surface area contributed by atoms with E-state index >= 15 is 0 Å². The maximum absolute atomic E-state index is 13.1. The number of carbonyl (C=O) groups is 1. The molecule has 0 amide bonds. The van der Waals surface area contributed by atoms with Crippen molar-refractivity contribution in [3.63, 3.8) is 0 Å². The Morgan fingerprint density at radius 1 is 1.11 bits per heavy atom. The summed E-state index contributed by atoms with van der Waals surface area (Å²) in [7, 11) is 1.83. The highest BCUT2D eigenvalue weighted by molar-refractivity contribution is 6.09. The van der Waals surface area contributed by atoms with Crippen molar-refractivity contribution in [1.82, 2.24) is 4.90 Å². The molecule has 2 aromatic rings. The minimum absolute atomic E-state index is 0. The van der Waals surface area contributed by atoms with E-state index in [0.717, 1.165) is 0 Å². The normalized spacial score (nSPS) is 11.4. The van der Waals surface area contributed by atoms with Gasteiger partial charge in [0.25, 0.3) is 0 Å². The highest BCUT2D eigenvalue weighted by Gasteiger charge is 2.24. The average Bonchev–Trinajstić information content (AvgIpc) is 2.56. The quantitative estimate of drug-likeness (QED) is 0.728. The van der Waals surface area contributed by atoms with Gasteiger partial charge in [0, 0.05) is 35.3 Å². The second-order valence-corrected chi connectivity index (χ2v) is 7.58. The zero-order valence-electron chi connectivity index (χ0n) is 16.1. The van der Waals surface area contributed by atoms with Gasteiger partial charge in [-0.25, -0.2) is 4.39 Å². The Hall–Kier alpha value is -1.95. The van der Waals surface area contributed by atoms with E-state index in [1.807, 2.05) is 32.7 Å². The zero-order valence-corrected chi connectivity index (χ0v) is 16.9. The SMILES string of the molecule is CN(CCO)Cc1cc(C(=O)c2ccc(F)cc2)cc(C(C)(C)C)c1O.Cl. The Labute approximate surface area is 166 Å². The van der Waals surface area contributed by atoms with Crippen LogP contribution in [-0.4, -0.2) is 41.1 Å². The summed E-state index contributed by atoms with van der Waals surface area (Å²) in [5.41, 5.74) is 1.79. The molecule has 27 heavy (non-hydrogen) atoms. The number of phenolic OH excluding ortho intramolecular Hbond substituents is 1. The van der Waals surface area contributed by atoms with Gasteiger partial charge in [-0.05, 0) is 48.9 Å². The lowest BCUT2D eigenvalue weighted by Gasteiger charge is -2.25. The molecule has 0 aromatic heterocycles. The number of ketones is 1. The lowest BCUT2D eigenvalue weighted by molar-refractivity contribution is 0.103. The number of aliphatic hydroxyl groups excluding tert-OH is 1. The van der Waals surface area contributed by atoms with Crippen molar-refractivity contribution in [3.8, 4) is 5.75 Å². The fourth-order valence-corrected chi connectivity index (χ4v) is 2.83. The number of rotatable bonds is 6. The molecular formula is C21H27ClFNO3. The van der Waals surface area contributed by atoms with Crippen molar-refractivity contribution >= 4 is 18.2 Å². The molecule has 0 spiro atoms. The number of nitrogens with zero attached hydrogens (tertiary/aromatic N) is 1. The third-order valence-electron chi connectivity index (χ3n) is 4.29. The molecule has 6 heteroatoms. The molecule has 0 bridgehead atoms. The lowest BCUT2D eigenvalue weighted by atomic mass is 9.83. The Morgan fingerprint density at radius 3 is 2.22 bits per heavy atom. The van der Waals surface area contributed by atoms with E-state index in [4.69, 9.17) is 5.11 Å². The maximum atomic E-state index is 13.1. The molecule has 0 saturated heterocycles. The molecule has 0 aliphatic rings. The molecule has 0 unspecified atom stereocenters. The highest BCUT2D eigenvalue weighted by atomic mass is 35.5. The number of hydrogen-bond acceptors (Lipinski definition) is 4. The predicted octanol–water partition coefficient (Wildman–Crippen LogP) is 3.91. The van der Waals surface area contributed by atoms with Gasteiger partial charge < -0.3 is 10.2 Å². The number of halogens is 2. The molecule has 148 valence electrons. The van der Waals surface area contributed by atoms with Gasteiger partial charge >= 0.3 is 0 Å². The summed E-state index contributed by atoms with van der Waals surface area (Å²) in [6.07, 6.45) is 0. The predicted molar refractivity (Wildman–Crippen MR) is 107 cm³/mol. The van der Waals surface area contributed by atoms with Crippen LogP contribution in [0, 0.1) is 5.82 Å². The summed E-state index contributed by atoms with van der Waals surface area (Å²) >= 11 is 0. The Balaban J connectivity index is 0.00000364. The van der Waals surface area contributed by atoms with Crippen LogP contribution in [0.3, 0.4) is 0 Å². The number of hydrogen-bond donors (Lipinski definition) is 2. The average molecular weight is 396 g/mol. The van der Waals surface area contributed by atoms with Crippen LogP contribution in [-0.2, 0) is 12.0 Å². The smallest absolute Gasteiger partial charge is 0.193 e. The molecule has 4 nitrogen and oxygen atoms in total.